The zero-order valence-corrected chi connectivity index (χ0v) is 8.44. The molecule has 3 heteroatoms. The van der Waals surface area contributed by atoms with Crippen LogP contribution in [0.1, 0.15) is 16.8 Å². The molecule has 0 heterocycles. The Labute approximate surface area is 84.5 Å². The van der Waals surface area contributed by atoms with Gasteiger partial charge < -0.3 is 10.6 Å². The van der Waals surface area contributed by atoms with Gasteiger partial charge in [-0.15, -0.1) is 0 Å². The molecule has 0 saturated heterocycles. The monoisotopic (exact) mass is 192 g/mol. The van der Waals surface area contributed by atoms with Crippen LogP contribution in [0.3, 0.4) is 0 Å². The molecular formula is C11H16N2O. The van der Waals surface area contributed by atoms with Gasteiger partial charge in [-0.2, -0.15) is 0 Å². The predicted molar refractivity (Wildman–Crippen MR) is 57.1 cm³/mol. The second-order valence-corrected chi connectivity index (χ2v) is 3.23. The number of nitrogens with two attached hydrogens (primary N) is 1. The van der Waals surface area contributed by atoms with E-state index >= 15 is 0 Å². The van der Waals surface area contributed by atoms with Gasteiger partial charge in [0.05, 0.1) is 0 Å². The summed E-state index contributed by atoms with van der Waals surface area (Å²) in [6.07, 6.45) is 0.842. The van der Waals surface area contributed by atoms with Gasteiger partial charge in [-0.05, 0) is 25.1 Å². The molecule has 0 bridgehead atoms. The van der Waals surface area contributed by atoms with Crippen LogP contribution in [0.5, 0.6) is 0 Å². The molecule has 2 N–H and O–H groups in total. The van der Waals surface area contributed by atoms with Gasteiger partial charge in [0.15, 0.2) is 0 Å². The summed E-state index contributed by atoms with van der Waals surface area (Å²) >= 11 is 0. The Kier molecular flexibility index (Phi) is 4.13. The molecule has 0 saturated carbocycles. The van der Waals surface area contributed by atoms with Crippen LogP contribution in [-0.2, 0) is 0 Å². The Bertz CT molecular complexity index is 285. The highest BCUT2D eigenvalue weighted by Crippen LogP contribution is 2.02. The Balaban J connectivity index is 2.57. The maximum Gasteiger partial charge on any atom is 0.253 e. The first-order chi connectivity index (χ1) is 6.75. The first kappa shape index (κ1) is 10.7. The van der Waals surface area contributed by atoms with Crippen LogP contribution in [0.4, 0.5) is 0 Å². The standard InChI is InChI=1S/C11H16N2O/c1-13(9-5-8-12)11(14)10-6-3-2-4-7-10/h2-4,6-7H,5,8-9,12H2,1H3. The van der Waals surface area contributed by atoms with Gasteiger partial charge in [-0.25, -0.2) is 0 Å². The van der Waals surface area contributed by atoms with Crippen LogP contribution in [0.15, 0.2) is 30.3 Å². The molecule has 0 radical (unpaired) electrons. The minimum absolute atomic E-state index is 0.0547. The lowest BCUT2D eigenvalue weighted by atomic mass is 10.2. The highest BCUT2D eigenvalue weighted by atomic mass is 16.2. The van der Waals surface area contributed by atoms with E-state index in [1.807, 2.05) is 30.3 Å². The van der Waals surface area contributed by atoms with E-state index in [2.05, 4.69) is 0 Å². The SMILES string of the molecule is CN(CCCN)C(=O)c1ccccc1. The number of benzene rings is 1. The van der Waals surface area contributed by atoms with E-state index in [1.54, 1.807) is 11.9 Å². The van der Waals surface area contributed by atoms with Crippen LogP contribution < -0.4 is 5.73 Å². The van der Waals surface area contributed by atoms with Gasteiger partial charge >= 0.3 is 0 Å². The molecule has 0 spiro atoms. The van der Waals surface area contributed by atoms with Crippen LogP contribution in [0.2, 0.25) is 0 Å². The van der Waals surface area contributed by atoms with E-state index in [4.69, 9.17) is 5.73 Å². The third-order valence-electron chi connectivity index (χ3n) is 2.07. The molecule has 0 fully saturated rings. The Morgan fingerprint density at radius 2 is 2.00 bits per heavy atom. The molecule has 0 unspecified atom stereocenters. The number of carbonyl (C=O) groups is 1. The summed E-state index contributed by atoms with van der Waals surface area (Å²) in [6.45, 7) is 1.33. The van der Waals surface area contributed by atoms with Crippen LogP contribution in [0, 0.1) is 0 Å². The largest absolute Gasteiger partial charge is 0.342 e. The van der Waals surface area contributed by atoms with E-state index in [-0.39, 0.29) is 5.91 Å². The average molecular weight is 192 g/mol. The van der Waals surface area contributed by atoms with Crippen molar-refractivity contribution < 1.29 is 4.79 Å². The molecule has 1 amide bonds. The molecule has 76 valence electrons. The molecule has 1 aromatic rings. The van der Waals surface area contributed by atoms with Crippen LogP contribution in [0.25, 0.3) is 0 Å². The molecule has 0 aromatic heterocycles. The lowest BCUT2D eigenvalue weighted by Gasteiger charge is -2.16. The van der Waals surface area contributed by atoms with E-state index in [9.17, 15) is 4.79 Å². The smallest absolute Gasteiger partial charge is 0.253 e. The number of nitrogens with zero attached hydrogens (tertiary/aromatic N) is 1. The minimum atomic E-state index is 0.0547. The predicted octanol–water partition coefficient (Wildman–Crippen LogP) is 1.11. The minimum Gasteiger partial charge on any atom is -0.342 e. The quantitative estimate of drug-likeness (QED) is 0.776. The van der Waals surface area contributed by atoms with Crippen molar-refractivity contribution in [1.29, 1.82) is 0 Å². The molecular weight excluding hydrogens is 176 g/mol. The fourth-order valence-electron chi connectivity index (χ4n) is 1.23. The first-order valence-corrected chi connectivity index (χ1v) is 4.76. The highest BCUT2D eigenvalue weighted by molar-refractivity contribution is 5.93. The van der Waals surface area contributed by atoms with E-state index < -0.39 is 0 Å². The molecule has 1 rings (SSSR count). The van der Waals surface area contributed by atoms with Crippen molar-refractivity contribution in [3.63, 3.8) is 0 Å². The fraction of sp³-hybridized carbons (Fsp3) is 0.364. The average Bonchev–Trinajstić information content (AvgIpc) is 2.26. The lowest BCUT2D eigenvalue weighted by Crippen LogP contribution is -2.28. The number of carbonyl (C=O) groups excluding carboxylic acids is 1. The Morgan fingerprint density at radius 3 is 2.57 bits per heavy atom. The molecule has 1 aromatic carbocycles. The molecule has 14 heavy (non-hydrogen) atoms. The molecule has 0 atom stereocenters. The number of amides is 1. The first-order valence-electron chi connectivity index (χ1n) is 4.76. The summed E-state index contributed by atoms with van der Waals surface area (Å²) in [6, 6.07) is 9.27. The number of hydrogen-bond acceptors (Lipinski definition) is 2. The summed E-state index contributed by atoms with van der Waals surface area (Å²) in [4.78, 5) is 13.4. The summed E-state index contributed by atoms with van der Waals surface area (Å²) < 4.78 is 0. The van der Waals surface area contributed by atoms with Gasteiger partial charge in [0.25, 0.3) is 5.91 Å². The van der Waals surface area contributed by atoms with E-state index in [0.717, 1.165) is 12.0 Å². The maximum atomic E-state index is 11.7. The topological polar surface area (TPSA) is 46.3 Å². The summed E-state index contributed by atoms with van der Waals surface area (Å²) in [5, 5.41) is 0. The van der Waals surface area contributed by atoms with Crippen molar-refractivity contribution in [3.05, 3.63) is 35.9 Å². The molecule has 0 aliphatic heterocycles. The van der Waals surface area contributed by atoms with Crippen molar-refractivity contribution in [2.75, 3.05) is 20.1 Å². The highest BCUT2D eigenvalue weighted by Gasteiger charge is 2.09. The fourth-order valence-corrected chi connectivity index (χ4v) is 1.23. The van der Waals surface area contributed by atoms with Gasteiger partial charge in [0.2, 0.25) is 0 Å². The third kappa shape index (κ3) is 2.85. The third-order valence-corrected chi connectivity index (χ3v) is 2.07. The van der Waals surface area contributed by atoms with Gasteiger partial charge in [0, 0.05) is 19.2 Å². The van der Waals surface area contributed by atoms with Gasteiger partial charge in [-0.1, -0.05) is 18.2 Å². The second-order valence-electron chi connectivity index (χ2n) is 3.23. The van der Waals surface area contributed by atoms with Gasteiger partial charge in [-0.3, -0.25) is 4.79 Å². The van der Waals surface area contributed by atoms with Crippen molar-refractivity contribution in [3.8, 4) is 0 Å². The summed E-state index contributed by atoms with van der Waals surface area (Å²) in [5.41, 5.74) is 6.11. The lowest BCUT2D eigenvalue weighted by molar-refractivity contribution is 0.0794. The van der Waals surface area contributed by atoms with Crippen LogP contribution in [-0.4, -0.2) is 30.9 Å². The zero-order chi connectivity index (χ0) is 10.4. The van der Waals surface area contributed by atoms with E-state index in [1.165, 1.54) is 0 Å². The normalized spacial score (nSPS) is 9.86. The Hall–Kier alpha value is -1.35. The summed E-state index contributed by atoms with van der Waals surface area (Å²) in [7, 11) is 1.80. The number of hydrogen-bond donors (Lipinski definition) is 1. The number of rotatable bonds is 4. The molecule has 0 aliphatic rings. The maximum absolute atomic E-state index is 11.7. The van der Waals surface area contributed by atoms with Crippen molar-refractivity contribution >= 4 is 5.91 Å². The van der Waals surface area contributed by atoms with Gasteiger partial charge in [0.1, 0.15) is 0 Å². The second kappa shape index (κ2) is 5.40. The van der Waals surface area contributed by atoms with Crippen LogP contribution >= 0.6 is 0 Å². The Morgan fingerprint density at radius 1 is 1.36 bits per heavy atom. The van der Waals surface area contributed by atoms with E-state index in [0.29, 0.717) is 13.1 Å². The molecule has 3 nitrogen and oxygen atoms in total. The summed E-state index contributed by atoms with van der Waals surface area (Å²) in [5.74, 6) is 0.0547. The zero-order valence-electron chi connectivity index (χ0n) is 8.44. The molecule has 0 aliphatic carbocycles. The van der Waals surface area contributed by atoms with Crippen molar-refractivity contribution in [2.24, 2.45) is 5.73 Å². The van der Waals surface area contributed by atoms with Crippen molar-refractivity contribution in [2.45, 2.75) is 6.42 Å². The van der Waals surface area contributed by atoms with Crippen molar-refractivity contribution in [1.82, 2.24) is 4.90 Å².